The van der Waals surface area contributed by atoms with E-state index in [1.807, 2.05) is 26.0 Å². The summed E-state index contributed by atoms with van der Waals surface area (Å²) in [4.78, 5) is 0. The van der Waals surface area contributed by atoms with Gasteiger partial charge in [0.05, 0.1) is 6.10 Å². The van der Waals surface area contributed by atoms with E-state index in [0.29, 0.717) is 17.8 Å². The van der Waals surface area contributed by atoms with E-state index in [1.54, 1.807) is 13.0 Å². The Bertz CT molecular complexity index is 526. The Balaban J connectivity index is 2.46. The van der Waals surface area contributed by atoms with Gasteiger partial charge in [0.15, 0.2) is 11.4 Å². The summed E-state index contributed by atoms with van der Waals surface area (Å²) in [6.07, 6.45) is 0.164. The summed E-state index contributed by atoms with van der Waals surface area (Å²) in [6, 6.07) is 6.72. The number of rotatable bonds is 3. The monoisotopic (exact) mass is 236 g/mol. The third kappa shape index (κ3) is 2.34. The average Bonchev–Trinajstić information content (AvgIpc) is 2.61. The minimum absolute atomic E-state index is 0.293. The first-order valence-electron chi connectivity index (χ1n) is 5.77. The van der Waals surface area contributed by atoms with Crippen LogP contribution in [0.5, 0.6) is 0 Å². The van der Waals surface area contributed by atoms with Crippen LogP contribution < -0.4 is 0 Å². The maximum atomic E-state index is 13.5. The highest BCUT2D eigenvalue weighted by molar-refractivity contribution is 5.78. The van der Waals surface area contributed by atoms with Crippen LogP contribution in [0.15, 0.2) is 28.7 Å². The van der Waals surface area contributed by atoms with Crippen molar-refractivity contribution in [1.82, 2.24) is 0 Å². The zero-order valence-electron chi connectivity index (χ0n) is 10.3. The minimum Gasteiger partial charge on any atom is -0.457 e. The van der Waals surface area contributed by atoms with E-state index in [2.05, 4.69) is 0 Å². The summed E-state index contributed by atoms with van der Waals surface area (Å²) in [6.45, 7) is 5.70. The molecule has 17 heavy (non-hydrogen) atoms. The summed E-state index contributed by atoms with van der Waals surface area (Å²) >= 11 is 0. The Hall–Kier alpha value is -1.35. The van der Waals surface area contributed by atoms with Crippen LogP contribution in [-0.4, -0.2) is 11.2 Å². The number of para-hydroxylation sites is 1. The van der Waals surface area contributed by atoms with Crippen molar-refractivity contribution in [2.45, 2.75) is 38.7 Å². The molecule has 0 saturated heterocycles. The second-order valence-corrected chi connectivity index (χ2v) is 5.21. The molecule has 1 unspecified atom stereocenters. The van der Waals surface area contributed by atoms with Crippen molar-refractivity contribution < 1.29 is 13.9 Å². The number of furan rings is 1. The van der Waals surface area contributed by atoms with Crippen LogP contribution in [0.1, 0.15) is 33.0 Å². The van der Waals surface area contributed by atoms with Gasteiger partial charge in [-0.25, -0.2) is 4.39 Å². The van der Waals surface area contributed by atoms with E-state index >= 15 is 0 Å². The van der Waals surface area contributed by atoms with Crippen LogP contribution in [0.4, 0.5) is 4.39 Å². The number of hydrogen-bond donors (Lipinski definition) is 1. The van der Waals surface area contributed by atoms with Crippen LogP contribution in [-0.2, 0) is 5.41 Å². The summed E-state index contributed by atoms with van der Waals surface area (Å²) < 4.78 is 19.1. The summed E-state index contributed by atoms with van der Waals surface area (Å²) in [5.41, 5.74) is -0.0132. The molecular weight excluding hydrogens is 219 g/mol. The van der Waals surface area contributed by atoms with E-state index in [9.17, 15) is 9.50 Å². The highest BCUT2D eigenvalue weighted by Crippen LogP contribution is 2.33. The van der Waals surface area contributed by atoms with Crippen molar-refractivity contribution >= 4 is 11.0 Å². The van der Waals surface area contributed by atoms with Gasteiger partial charge >= 0.3 is 0 Å². The molecule has 0 spiro atoms. The van der Waals surface area contributed by atoms with Crippen molar-refractivity contribution in [2.75, 3.05) is 0 Å². The number of aliphatic hydroxyl groups is 1. The highest BCUT2D eigenvalue weighted by atomic mass is 19.1. The van der Waals surface area contributed by atoms with Crippen LogP contribution >= 0.6 is 0 Å². The second-order valence-electron chi connectivity index (χ2n) is 5.21. The lowest BCUT2D eigenvalue weighted by Crippen LogP contribution is -2.22. The Labute approximate surface area is 100 Å². The number of fused-ring (bicyclic) bond motifs is 1. The fraction of sp³-hybridized carbons (Fsp3) is 0.429. The van der Waals surface area contributed by atoms with Gasteiger partial charge in [0.2, 0.25) is 0 Å². The molecule has 0 radical (unpaired) electrons. The molecule has 0 aliphatic heterocycles. The lowest BCUT2D eigenvalue weighted by molar-refractivity contribution is 0.149. The van der Waals surface area contributed by atoms with Gasteiger partial charge in [0, 0.05) is 10.8 Å². The van der Waals surface area contributed by atoms with Crippen LogP contribution in [0.25, 0.3) is 11.0 Å². The molecule has 2 rings (SSSR count). The number of aliphatic hydroxyl groups excluding tert-OH is 1. The molecule has 0 amide bonds. The predicted molar refractivity (Wildman–Crippen MR) is 65.5 cm³/mol. The molecule has 3 heteroatoms. The molecular formula is C14H17FO2. The molecule has 2 nitrogen and oxygen atoms in total. The molecule has 0 bridgehead atoms. The molecule has 0 aliphatic rings. The molecule has 1 atom stereocenters. The van der Waals surface area contributed by atoms with Gasteiger partial charge in [-0.2, -0.15) is 0 Å². The Morgan fingerprint density at radius 2 is 2.12 bits per heavy atom. The van der Waals surface area contributed by atoms with E-state index < -0.39 is 6.10 Å². The van der Waals surface area contributed by atoms with Gasteiger partial charge in [-0.1, -0.05) is 26.0 Å². The first-order valence-corrected chi connectivity index (χ1v) is 5.77. The average molecular weight is 236 g/mol. The smallest absolute Gasteiger partial charge is 0.169 e. The standard InChI is InChI=1S/C14H17FO2/c1-9(16)8-14(2,3)12-7-10-5-4-6-11(15)13(10)17-12/h4-7,9,16H,8H2,1-3H3. The van der Waals surface area contributed by atoms with E-state index in [0.717, 1.165) is 5.39 Å². The molecule has 1 N–H and O–H groups in total. The van der Waals surface area contributed by atoms with Crippen molar-refractivity contribution in [1.29, 1.82) is 0 Å². The van der Waals surface area contributed by atoms with Gasteiger partial charge in [-0.05, 0) is 25.5 Å². The maximum Gasteiger partial charge on any atom is 0.169 e. The molecule has 0 fully saturated rings. The van der Waals surface area contributed by atoms with Gasteiger partial charge in [-0.3, -0.25) is 0 Å². The zero-order chi connectivity index (χ0) is 12.6. The third-order valence-corrected chi connectivity index (χ3v) is 2.97. The fourth-order valence-corrected chi connectivity index (χ4v) is 2.20. The topological polar surface area (TPSA) is 33.4 Å². The van der Waals surface area contributed by atoms with Crippen molar-refractivity contribution in [2.24, 2.45) is 0 Å². The molecule has 0 aliphatic carbocycles. The Morgan fingerprint density at radius 3 is 2.71 bits per heavy atom. The van der Waals surface area contributed by atoms with Crippen molar-refractivity contribution in [3.05, 3.63) is 35.8 Å². The molecule has 0 saturated carbocycles. The minimum atomic E-state index is -0.414. The summed E-state index contributed by atoms with van der Waals surface area (Å²) in [5, 5.41) is 10.2. The van der Waals surface area contributed by atoms with Crippen LogP contribution in [0.2, 0.25) is 0 Å². The highest BCUT2D eigenvalue weighted by Gasteiger charge is 2.27. The predicted octanol–water partition coefficient (Wildman–Crippen LogP) is 3.62. The second kappa shape index (κ2) is 4.15. The van der Waals surface area contributed by atoms with Gasteiger partial charge < -0.3 is 9.52 Å². The lowest BCUT2D eigenvalue weighted by Gasteiger charge is -2.23. The lowest BCUT2D eigenvalue weighted by atomic mass is 9.84. The normalized spacial score (nSPS) is 14.2. The van der Waals surface area contributed by atoms with Crippen LogP contribution in [0, 0.1) is 5.82 Å². The van der Waals surface area contributed by atoms with Crippen molar-refractivity contribution in [3.63, 3.8) is 0 Å². The molecule has 1 aromatic heterocycles. The van der Waals surface area contributed by atoms with E-state index in [1.165, 1.54) is 6.07 Å². The molecule has 1 aromatic carbocycles. The SMILES string of the molecule is CC(O)CC(C)(C)c1cc2cccc(F)c2o1. The van der Waals surface area contributed by atoms with Crippen molar-refractivity contribution in [3.8, 4) is 0 Å². The van der Waals surface area contributed by atoms with Gasteiger partial charge in [0.1, 0.15) is 5.76 Å². The number of hydrogen-bond acceptors (Lipinski definition) is 2. The first kappa shape index (κ1) is 12.1. The molecule has 1 heterocycles. The maximum absolute atomic E-state index is 13.5. The quantitative estimate of drug-likeness (QED) is 0.883. The summed E-state index contributed by atoms with van der Waals surface area (Å²) in [7, 11) is 0. The Morgan fingerprint density at radius 1 is 1.41 bits per heavy atom. The van der Waals surface area contributed by atoms with E-state index in [4.69, 9.17) is 4.42 Å². The zero-order valence-corrected chi connectivity index (χ0v) is 10.3. The third-order valence-electron chi connectivity index (χ3n) is 2.97. The van der Waals surface area contributed by atoms with Crippen LogP contribution in [0.3, 0.4) is 0 Å². The van der Waals surface area contributed by atoms with Gasteiger partial charge in [0.25, 0.3) is 0 Å². The van der Waals surface area contributed by atoms with Gasteiger partial charge in [-0.15, -0.1) is 0 Å². The molecule has 2 aromatic rings. The molecule has 92 valence electrons. The fourth-order valence-electron chi connectivity index (χ4n) is 2.20. The first-order chi connectivity index (χ1) is 7.90. The largest absolute Gasteiger partial charge is 0.457 e. The van der Waals surface area contributed by atoms with E-state index in [-0.39, 0.29) is 11.2 Å². The number of benzene rings is 1. The summed E-state index contributed by atoms with van der Waals surface area (Å²) in [5.74, 6) is 0.361. The Kier molecular flexibility index (Phi) is 2.96. The number of halogens is 1.